The van der Waals surface area contributed by atoms with Crippen LogP contribution in [0.4, 0.5) is 10.5 Å². The third-order valence-corrected chi connectivity index (χ3v) is 4.29. The summed E-state index contributed by atoms with van der Waals surface area (Å²) in [5.41, 5.74) is 2.03. The summed E-state index contributed by atoms with van der Waals surface area (Å²) in [4.78, 5) is 14.5. The Morgan fingerprint density at radius 3 is 2.57 bits per heavy atom. The van der Waals surface area contributed by atoms with Crippen LogP contribution in [-0.4, -0.2) is 28.6 Å². The summed E-state index contributed by atoms with van der Waals surface area (Å²) in [5.74, 6) is 1.15. The van der Waals surface area contributed by atoms with E-state index in [4.69, 9.17) is 0 Å². The largest absolute Gasteiger partial charge is 0.348 e. The number of urea groups is 1. The Morgan fingerprint density at radius 1 is 1.19 bits per heavy atom. The Labute approximate surface area is 125 Å². The predicted octanol–water partition coefficient (Wildman–Crippen LogP) is 3.69. The highest BCUT2D eigenvalue weighted by molar-refractivity contribution is 6.01. The second-order valence-corrected chi connectivity index (χ2v) is 6.45. The van der Waals surface area contributed by atoms with Crippen LogP contribution in [0.2, 0.25) is 0 Å². The summed E-state index contributed by atoms with van der Waals surface area (Å²) in [6.07, 6.45) is 3.19. The van der Waals surface area contributed by atoms with Crippen molar-refractivity contribution in [1.29, 1.82) is 0 Å². The molecule has 0 unspecified atom stereocenters. The van der Waals surface area contributed by atoms with Crippen LogP contribution in [0.5, 0.6) is 0 Å². The number of para-hydroxylation sites is 1. The van der Waals surface area contributed by atoms with Gasteiger partial charge in [0.05, 0.1) is 5.69 Å². The molecule has 0 bridgehead atoms. The molecule has 0 saturated carbocycles. The Balaban J connectivity index is 1.80. The lowest BCUT2D eigenvalue weighted by atomic mass is 9.92. The van der Waals surface area contributed by atoms with Gasteiger partial charge in [0.15, 0.2) is 0 Å². The van der Waals surface area contributed by atoms with Gasteiger partial charge in [-0.3, -0.25) is 0 Å². The van der Waals surface area contributed by atoms with Gasteiger partial charge in [-0.05, 0) is 24.3 Å². The van der Waals surface area contributed by atoms with Crippen molar-refractivity contribution in [2.24, 2.45) is 18.9 Å². The van der Waals surface area contributed by atoms with Gasteiger partial charge in [-0.15, -0.1) is 0 Å². The molecule has 2 atom stereocenters. The van der Waals surface area contributed by atoms with Crippen LogP contribution in [-0.2, 0) is 7.05 Å². The molecule has 1 N–H and O–H groups in total. The lowest BCUT2D eigenvalue weighted by molar-refractivity contribution is 0.156. The quantitative estimate of drug-likeness (QED) is 0.852. The molecule has 1 aliphatic rings. The number of anilines is 1. The smallest absolute Gasteiger partial charge is 0.321 e. The van der Waals surface area contributed by atoms with Crippen LogP contribution in [0.15, 0.2) is 30.5 Å². The van der Waals surface area contributed by atoms with Crippen LogP contribution in [0.25, 0.3) is 10.9 Å². The monoisotopic (exact) mass is 285 g/mol. The molecule has 0 radical (unpaired) electrons. The maximum atomic E-state index is 12.5. The average molecular weight is 285 g/mol. The summed E-state index contributed by atoms with van der Waals surface area (Å²) in [6, 6.07) is 8.15. The molecule has 3 rings (SSSR count). The highest BCUT2D eigenvalue weighted by Gasteiger charge is 2.25. The third-order valence-electron chi connectivity index (χ3n) is 4.29. The number of amides is 2. The fourth-order valence-electron chi connectivity index (χ4n) is 3.46. The molecule has 2 aromatic rings. The minimum atomic E-state index is 0.0183. The fraction of sp³-hybridized carbons (Fsp3) is 0.471. The zero-order valence-electron chi connectivity index (χ0n) is 13.0. The molecule has 1 aliphatic heterocycles. The number of nitrogens with one attached hydrogen (secondary N) is 1. The number of hydrogen-bond donors (Lipinski definition) is 1. The van der Waals surface area contributed by atoms with Crippen LogP contribution in [0.3, 0.4) is 0 Å². The molecule has 112 valence electrons. The highest BCUT2D eigenvalue weighted by atomic mass is 16.2. The van der Waals surface area contributed by atoms with Crippen molar-refractivity contribution in [3.63, 3.8) is 0 Å². The first-order valence-corrected chi connectivity index (χ1v) is 7.64. The molecule has 21 heavy (non-hydrogen) atoms. The fourth-order valence-corrected chi connectivity index (χ4v) is 3.46. The van der Waals surface area contributed by atoms with Crippen molar-refractivity contribution in [3.05, 3.63) is 30.5 Å². The van der Waals surface area contributed by atoms with Crippen molar-refractivity contribution in [2.45, 2.75) is 20.3 Å². The van der Waals surface area contributed by atoms with E-state index in [-0.39, 0.29) is 6.03 Å². The molecule has 1 aromatic heterocycles. The van der Waals surface area contributed by atoms with Crippen LogP contribution in [0, 0.1) is 11.8 Å². The third kappa shape index (κ3) is 2.75. The van der Waals surface area contributed by atoms with Gasteiger partial charge in [0.25, 0.3) is 0 Å². The second-order valence-electron chi connectivity index (χ2n) is 6.45. The summed E-state index contributed by atoms with van der Waals surface area (Å²) in [6.45, 7) is 6.13. The minimum Gasteiger partial charge on any atom is -0.348 e. The SMILES string of the molecule is C[C@@H]1C[C@H](C)CN(C(=O)Nc2cn(C)c3ccccc23)C1. The Morgan fingerprint density at radius 2 is 1.86 bits per heavy atom. The number of carbonyl (C=O) groups is 1. The molecule has 1 fully saturated rings. The standard InChI is InChI=1S/C17H23N3O/c1-12-8-13(2)10-20(9-12)17(21)18-15-11-19(3)16-7-5-4-6-14(15)16/h4-7,11-13H,8-10H2,1-3H3,(H,18,21)/t12-,13+. The van der Waals surface area contributed by atoms with Crippen molar-refractivity contribution in [1.82, 2.24) is 9.47 Å². The first-order valence-electron chi connectivity index (χ1n) is 7.64. The van der Waals surface area contributed by atoms with Gasteiger partial charge < -0.3 is 14.8 Å². The van der Waals surface area contributed by atoms with E-state index in [0.29, 0.717) is 11.8 Å². The molecule has 1 saturated heterocycles. The van der Waals surface area contributed by atoms with Gasteiger partial charge in [-0.2, -0.15) is 0 Å². The Hall–Kier alpha value is -1.97. The van der Waals surface area contributed by atoms with Gasteiger partial charge in [0, 0.05) is 37.2 Å². The van der Waals surface area contributed by atoms with E-state index in [0.717, 1.165) is 29.7 Å². The molecule has 0 spiro atoms. The van der Waals surface area contributed by atoms with E-state index in [1.165, 1.54) is 6.42 Å². The number of piperidine rings is 1. The number of benzene rings is 1. The van der Waals surface area contributed by atoms with Crippen LogP contribution in [0.1, 0.15) is 20.3 Å². The number of hydrogen-bond acceptors (Lipinski definition) is 1. The van der Waals surface area contributed by atoms with Crippen LogP contribution < -0.4 is 5.32 Å². The topological polar surface area (TPSA) is 37.3 Å². The van der Waals surface area contributed by atoms with E-state index in [9.17, 15) is 4.79 Å². The Kier molecular flexibility index (Phi) is 3.62. The number of fused-ring (bicyclic) bond motifs is 1. The minimum absolute atomic E-state index is 0.0183. The molecule has 2 amide bonds. The first-order chi connectivity index (χ1) is 10.0. The number of nitrogens with zero attached hydrogens (tertiary/aromatic N) is 2. The lowest BCUT2D eigenvalue weighted by Gasteiger charge is -2.34. The number of aryl methyl sites for hydroxylation is 1. The normalized spacial score (nSPS) is 22.5. The number of rotatable bonds is 1. The maximum absolute atomic E-state index is 12.5. The van der Waals surface area contributed by atoms with Crippen molar-refractivity contribution in [2.75, 3.05) is 18.4 Å². The number of carbonyl (C=O) groups excluding carboxylic acids is 1. The molecule has 2 heterocycles. The average Bonchev–Trinajstić information content (AvgIpc) is 2.75. The Bertz CT molecular complexity index is 651. The van der Waals surface area contributed by atoms with Gasteiger partial charge in [0.1, 0.15) is 0 Å². The van der Waals surface area contributed by atoms with E-state index < -0.39 is 0 Å². The van der Waals surface area contributed by atoms with E-state index in [2.05, 4.69) is 25.2 Å². The molecule has 1 aromatic carbocycles. The lowest BCUT2D eigenvalue weighted by Crippen LogP contribution is -2.44. The molecular formula is C17H23N3O. The first kappa shape index (κ1) is 14.0. The molecule has 0 aliphatic carbocycles. The van der Waals surface area contributed by atoms with E-state index >= 15 is 0 Å². The van der Waals surface area contributed by atoms with E-state index in [1.54, 1.807) is 0 Å². The highest BCUT2D eigenvalue weighted by Crippen LogP contribution is 2.26. The van der Waals surface area contributed by atoms with Gasteiger partial charge >= 0.3 is 6.03 Å². The number of aromatic nitrogens is 1. The van der Waals surface area contributed by atoms with E-state index in [1.807, 2.05) is 40.9 Å². The van der Waals surface area contributed by atoms with Gasteiger partial charge in [-0.1, -0.05) is 32.0 Å². The van der Waals surface area contributed by atoms with Crippen molar-refractivity contribution < 1.29 is 4.79 Å². The summed E-state index contributed by atoms with van der Waals surface area (Å²) < 4.78 is 2.05. The maximum Gasteiger partial charge on any atom is 0.321 e. The number of likely N-dealkylation sites (tertiary alicyclic amines) is 1. The summed E-state index contributed by atoms with van der Waals surface area (Å²) in [7, 11) is 2.00. The zero-order valence-corrected chi connectivity index (χ0v) is 13.0. The molecule has 4 nitrogen and oxygen atoms in total. The summed E-state index contributed by atoms with van der Waals surface area (Å²) in [5, 5.41) is 4.17. The molecule has 4 heteroatoms. The zero-order chi connectivity index (χ0) is 15.0. The van der Waals surface area contributed by atoms with Gasteiger partial charge in [0.2, 0.25) is 0 Å². The van der Waals surface area contributed by atoms with Gasteiger partial charge in [-0.25, -0.2) is 4.79 Å². The van der Waals surface area contributed by atoms with Crippen molar-refractivity contribution >= 4 is 22.6 Å². The molecular weight excluding hydrogens is 262 g/mol. The van der Waals surface area contributed by atoms with Crippen LogP contribution >= 0.6 is 0 Å². The van der Waals surface area contributed by atoms with Crippen molar-refractivity contribution in [3.8, 4) is 0 Å². The second kappa shape index (κ2) is 5.43. The summed E-state index contributed by atoms with van der Waals surface area (Å²) >= 11 is 0. The predicted molar refractivity (Wildman–Crippen MR) is 86.5 cm³/mol.